The van der Waals surface area contributed by atoms with Gasteiger partial charge in [0.2, 0.25) is 10.0 Å². The first-order valence-electron chi connectivity index (χ1n) is 7.48. The molecule has 0 unspecified atom stereocenters. The molecular weight excluding hydrogens is 346 g/mol. The molecule has 0 spiro atoms. The zero-order valence-electron chi connectivity index (χ0n) is 13.3. The number of piperazine rings is 1. The zero-order valence-corrected chi connectivity index (χ0v) is 15.0. The zero-order chi connectivity index (χ0) is 16.3. The van der Waals surface area contributed by atoms with Crippen molar-refractivity contribution in [2.75, 3.05) is 32.7 Å². The summed E-state index contributed by atoms with van der Waals surface area (Å²) in [5.74, 6) is -1.07. The minimum Gasteiger partial charge on any atom is -0.301 e. The van der Waals surface area contributed by atoms with Crippen LogP contribution in [0.1, 0.15) is 20.3 Å². The van der Waals surface area contributed by atoms with Crippen molar-refractivity contribution in [3.63, 3.8) is 0 Å². The third-order valence-corrected chi connectivity index (χ3v) is 5.78. The fraction of sp³-hybridized carbons (Fsp3) is 0.600. The first-order valence-corrected chi connectivity index (χ1v) is 8.92. The topological polar surface area (TPSA) is 40.6 Å². The monoisotopic (exact) mass is 368 g/mol. The van der Waals surface area contributed by atoms with E-state index >= 15 is 0 Å². The summed E-state index contributed by atoms with van der Waals surface area (Å²) in [4.78, 5) is 1.62. The molecule has 1 saturated heterocycles. The standard InChI is InChI=1S/C15H22F2N2O2S.ClH/c1-12(2)5-6-18-7-9-19(10-8-18)22(20,21)15-11-13(16)3-4-14(15)17;/h3-4,11-12H,5-10H2,1-2H3;1H. The van der Waals surface area contributed by atoms with Crippen molar-refractivity contribution >= 4 is 22.4 Å². The maximum Gasteiger partial charge on any atom is 0.246 e. The summed E-state index contributed by atoms with van der Waals surface area (Å²) in [6.45, 7) is 7.05. The number of rotatable bonds is 5. The van der Waals surface area contributed by atoms with Crippen LogP contribution >= 0.6 is 12.4 Å². The van der Waals surface area contributed by atoms with Crippen molar-refractivity contribution in [3.05, 3.63) is 29.8 Å². The van der Waals surface area contributed by atoms with Gasteiger partial charge in [0.25, 0.3) is 0 Å². The smallest absolute Gasteiger partial charge is 0.246 e. The number of benzene rings is 1. The highest BCUT2D eigenvalue weighted by atomic mass is 35.5. The number of sulfonamides is 1. The molecule has 0 aliphatic carbocycles. The summed E-state index contributed by atoms with van der Waals surface area (Å²) in [5.41, 5.74) is 0. The van der Waals surface area contributed by atoms with E-state index in [2.05, 4.69) is 18.7 Å². The third kappa shape index (κ3) is 5.11. The van der Waals surface area contributed by atoms with Crippen LogP contribution in [-0.4, -0.2) is 50.3 Å². The highest BCUT2D eigenvalue weighted by Crippen LogP contribution is 2.21. The minimum absolute atomic E-state index is 0. The third-order valence-electron chi connectivity index (χ3n) is 3.87. The first kappa shape index (κ1) is 20.3. The predicted molar refractivity (Wildman–Crippen MR) is 88.3 cm³/mol. The van der Waals surface area contributed by atoms with Gasteiger partial charge in [0.05, 0.1) is 0 Å². The molecule has 1 aliphatic heterocycles. The lowest BCUT2D eigenvalue weighted by atomic mass is 10.1. The molecule has 1 heterocycles. The van der Waals surface area contributed by atoms with Crippen molar-refractivity contribution in [1.29, 1.82) is 0 Å². The van der Waals surface area contributed by atoms with E-state index in [1.54, 1.807) is 0 Å². The van der Waals surface area contributed by atoms with Crippen LogP contribution in [0.2, 0.25) is 0 Å². The lowest BCUT2D eigenvalue weighted by Crippen LogP contribution is -2.49. The van der Waals surface area contributed by atoms with Crippen molar-refractivity contribution < 1.29 is 17.2 Å². The lowest BCUT2D eigenvalue weighted by molar-refractivity contribution is 0.180. The van der Waals surface area contributed by atoms with Crippen molar-refractivity contribution in [2.45, 2.75) is 25.2 Å². The molecule has 23 heavy (non-hydrogen) atoms. The van der Waals surface area contributed by atoms with Gasteiger partial charge in [-0.1, -0.05) is 13.8 Å². The molecular formula is C15H23ClF2N2O2S. The molecule has 2 rings (SSSR count). The molecule has 1 aliphatic rings. The SMILES string of the molecule is CC(C)CCN1CCN(S(=O)(=O)c2cc(F)ccc2F)CC1.Cl. The largest absolute Gasteiger partial charge is 0.301 e. The molecule has 1 aromatic carbocycles. The minimum atomic E-state index is -3.98. The average molecular weight is 369 g/mol. The van der Waals surface area contributed by atoms with Gasteiger partial charge in [-0.3, -0.25) is 0 Å². The van der Waals surface area contributed by atoms with Gasteiger partial charge in [-0.25, -0.2) is 17.2 Å². The highest BCUT2D eigenvalue weighted by molar-refractivity contribution is 7.89. The van der Waals surface area contributed by atoms with Crippen LogP contribution in [0.15, 0.2) is 23.1 Å². The van der Waals surface area contributed by atoms with Gasteiger partial charge in [0.1, 0.15) is 16.5 Å². The van der Waals surface area contributed by atoms with Gasteiger partial charge >= 0.3 is 0 Å². The van der Waals surface area contributed by atoms with Crippen LogP contribution in [0.5, 0.6) is 0 Å². The van der Waals surface area contributed by atoms with Crippen LogP contribution in [0, 0.1) is 17.6 Å². The number of hydrogen-bond donors (Lipinski definition) is 0. The Balaban J connectivity index is 0.00000264. The summed E-state index contributed by atoms with van der Waals surface area (Å²) < 4.78 is 53.0. The summed E-state index contributed by atoms with van der Waals surface area (Å²) in [5, 5.41) is 0. The summed E-state index contributed by atoms with van der Waals surface area (Å²) in [7, 11) is -3.98. The normalized spacial score (nSPS) is 17.3. The van der Waals surface area contributed by atoms with E-state index in [1.165, 1.54) is 4.31 Å². The maximum atomic E-state index is 13.7. The quantitative estimate of drug-likeness (QED) is 0.802. The van der Waals surface area contributed by atoms with Crippen LogP contribution in [0.3, 0.4) is 0 Å². The van der Waals surface area contributed by atoms with E-state index < -0.39 is 26.6 Å². The Labute approximate surface area is 142 Å². The second-order valence-corrected chi connectivity index (χ2v) is 7.91. The molecule has 4 nitrogen and oxygen atoms in total. The van der Waals surface area contributed by atoms with Crippen molar-refractivity contribution in [2.24, 2.45) is 5.92 Å². The van der Waals surface area contributed by atoms with Gasteiger partial charge in [-0.15, -0.1) is 12.4 Å². The molecule has 1 fully saturated rings. The molecule has 0 atom stereocenters. The highest BCUT2D eigenvalue weighted by Gasteiger charge is 2.30. The second kappa shape index (κ2) is 8.37. The first-order chi connectivity index (χ1) is 10.3. The Bertz CT molecular complexity index is 618. The van der Waals surface area contributed by atoms with E-state index in [0.717, 1.165) is 31.2 Å². The van der Waals surface area contributed by atoms with E-state index in [1.807, 2.05) is 0 Å². The predicted octanol–water partition coefficient (Wildman–Crippen LogP) is 2.74. The molecule has 0 amide bonds. The second-order valence-electron chi connectivity index (χ2n) is 6.00. The molecule has 0 saturated carbocycles. The molecule has 0 radical (unpaired) electrons. The Morgan fingerprint density at radius 3 is 2.30 bits per heavy atom. The number of halogens is 3. The fourth-order valence-corrected chi connectivity index (χ4v) is 3.95. The van der Waals surface area contributed by atoms with Crippen LogP contribution in [0.4, 0.5) is 8.78 Å². The van der Waals surface area contributed by atoms with Crippen molar-refractivity contribution in [3.8, 4) is 0 Å². The van der Waals surface area contributed by atoms with Gasteiger partial charge in [-0.2, -0.15) is 4.31 Å². The van der Waals surface area contributed by atoms with E-state index in [9.17, 15) is 17.2 Å². The van der Waals surface area contributed by atoms with Gasteiger partial charge < -0.3 is 4.90 Å². The summed E-state index contributed by atoms with van der Waals surface area (Å²) in [6, 6.07) is 2.51. The summed E-state index contributed by atoms with van der Waals surface area (Å²) >= 11 is 0. The van der Waals surface area contributed by atoms with E-state index in [4.69, 9.17) is 0 Å². The summed E-state index contributed by atoms with van der Waals surface area (Å²) in [6.07, 6.45) is 1.06. The fourth-order valence-electron chi connectivity index (χ4n) is 2.45. The molecule has 0 aromatic heterocycles. The van der Waals surface area contributed by atoms with Gasteiger partial charge in [-0.05, 0) is 37.1 Å². The van der Waals surface area contributed by atoms with Crippen LogP contribution in [-0.2, 0) is 10.0 Å². The lowest BCUT2D eigenvalue weighted by Gasteiger charge is -2.34. The van der Waals surface area contributed by atoms with Gasteiger partial charge in [0, 0.05) is 26.2 Å². The Morgan fingerprint density at radius 2 is 1.74 bits per heavy atom. The maximum absolute atomic E-state index is 13.7. The van der Waals surface area contributed by atoms with Crippen LogP contribution < -0.4 is 0 Å². The molecule has 1 aromatic rings. The molecule has 0 bridgehead atoms. The number of nitrogens with zero attached hydrogens (tertiary/aromatic N) is 2. The average Bonchev–Trinajstić information content (AvgIpc) is 2.48. The Kier molecular flexibility index (Phi) is 7.38. The Morgan fingerprint density at radius 1 is 1.13 bits per heavy atom. The van der Waals surface area contributed by atoms with Crippen LogP contribution in [0.25, 0.3) is 0 Å². The van der Waals surface area contributed by atoms with E-state index in [-0.39, 0.29) is 12.4 Å². The van der Waals surface area contributed by atoms with Crippen molar-refractivity contribution in [1.82, 2.24) is 9.21 Å². The van der Waals surface area contributed by atoms with E-state index in [0.29, 0.717) is 32.1 Å². The van der Waals surface area contributed by atoms with Gasteiger partial charge in [0.15, 0.2) is 0 Å². The molecule has 8 heteroatoms. The number of hydrogen-bond acceptors (Lipinski definition) is 3. The molecule has 132 valence electrons. The Hall–Kier alpha value is -0.760. The molecule has 0 N–H and O–H groups in total.